The maximum Gasteiger partial charge on any atom is 0.326 e. The van der Waals surface area contributed by atoms with Gasteiger partial charge in [0.1, 0.15) is 34.6 Å². The molecule has 6 atom stereocenters. The van der Waals surface area contributed by atoms with Crippen LogP contribution in [0.25, 0.3) is 0 Å². The summed E-state index contributed by atoms with van der Waals surface area (Å²) in [6.45, 7) is 14.1. The summed E-state index contributed by atoms with van der Waals surface area (Å²) >= 11 is 1.27. The molecule has 13 heteroatoms. The van der Waals surface area contributed by atoms with E-state index in [2.05, 4.69) is 34.4 Å². The number of carboxylic acid groups (broad SMARTS) is 1. The van der Waals surface area contributed by atoms with Crippen LogP contribution in [0.15, 0.2) is 29.6 Å². The number of hydrogen-bond donors (Lipinski definition) is 4. The minimum atomic E-state index is -1.20. The molecule has 2 unspecified atom stereocenters. The number of aromatic nitrogens is 1. The van der Waals surface area contributed by atoms with Crippen molar-refractivity contribution < 1.29 is 34.1 Å². The normalized spacial score (nSPS) is 18.0. The Morgan fingerprint density at radius 3 is 2.35 bits per heavy atom. The fraction of sp³-hybridized carbons (Fsp3) is 0.658. The molecule has 1 aliphatic heterocycles. The highest BCUT2D eigenvalue weighted by Crippen LogP contribution is 2.32. The first kappa shape index (κ1) is 41.9. The summed E-state index contributed by atoms with van der Waals surface area (Å²) in [6, 6.07) is 3.80. The van der Waals surface area contributed by atoms with E-state index >= 15 is 0 Å². The Labute approximate surface area is 307 Å². The second-order valence-electron chi connectivity index (χ2n) is 14.1. The summed E-state index contributed by atoms with van der Waals surface area (Å²) < 4.78 is 6.34. The van der Waals surface area contributed by atoms with Crippen molar-refractivity contribution in [1.82, 2.24) is 25.4 Å². The standard InChI is InChI=1S/C38H59N5O7S/c1-8-18-43(37(47)33(25(6)10-3)41-35(46)30-13-11-12-19-42(30)7)31(24(4)5)22-32(50-20-9-2)36-40-29(23-51-36)34(45)39-28(38(48)49)21-26-14-16-27(44)17-15-26/h14-17,23-25,28,30-33,44H,8-13,18-22H2,1-7H3,(H,39,45)(H,41,46)(H,48,49)/t25-,28-,30?,31+,32+,33?/m0/s1. The van der Waals surface area contributed by atoms with E-state index < -0.39 is 30.1 Å². The van der Waals surface area contributed by atoms with Gasteiger partial charge in [0.2, 0.25) is 11.8 Å². The van der Waals surface area contributed by atoms with Crippen molar-refractivity contribution in [2.45, 2.75) is 123 Å². The van der Waals surface area contributed by atoms with E-state index in [4.69, 9.17) is 4.74 Å². The van der Waals surface area contributed by atoms with Gasteiger partial charge in [0, 0.05) is 37.4 Å². The second-order valence-corrected chi connectivity index (χ2v) is 15.0. The number of likely N-dealkylation sites (tertiary alicyclic amines) is 1. The lowest BCUT2D eigenvalue weighted by molar-refractivity contribution is -0.143. The number of phenolic OH excluding ortho intramolecular Hbond substituents is 1. The molecule has 1 aromatic carbocycles. The third kappa shape index (κ3) is 12.0. The van der Waals surface area contributed by atoms with Gasteiger partial charge in [-0.3, -0.25) is 19.3 Å². The topological polar surface area (TPSA) is 161 Å². The number of aromatic hydroxyl groups is 1. The number of phenols is 1. The molecule has 0 bridgehead atoms. The van der Waals surface area contributed by atoms with Gasteiger partial charge in [-0.1, -0.05) is 66.5 Å². The van der Waals surface area contributed by atoms with Gasteiger partial charge in [0.05, 0.1) is 6.04 Å². The van der Waals surface area contributed by atoms with Crippen LogP contribution in [0.4, 0.5) is 0 Å². The smallest absolute Gasteiger partial charge is 0.326 e. The Hall–Kier alpha value is -3.55. The highest BCUT2D eigenvalue weighted by Gasteiger charge is 2.38. The van der Waals surface area contributed by atoms with Crippen molar-refractivity contribution in [3.05, 3.63) is 45.9 Å². The fourth-order valence-corrected chi connectivity index (χ4v) is 7.38. The monoisotopic (exact) mass is 729 g/mol. The number of thiazole rings is 1. The number of nitrogens with one attached hydrogen (secondary N) is 2. The molecule has 1 fully saturated rings. The van der Waals surface area contributed by atoms with Gasteiger partial charge in [0.25, 0.3) is 5.91 Å². The molecule has 12 nitrogen and oxygen atoms in total. The average molecular weight is 730 g/mol. The maximum absolute atomic E-state index is 14.5. The first-order chi connectivity index (χ1) is 24.3. The van der Waals surface area contributed by atoms with E-state index in [1.807, 2.05) is 39.6 Å². The zero-order chi connectivity index (χ0) is 37.7. The molecule has 2 aromatic rings. The summed E-state index contributed by atoms with van der Waals surface area (Å²) in [4.78, 5) is 62.0. The summed E-state index contributed by atoms with van der Waals surface area (Å²) in [6.07, 6.45) is 5.00. The van der Waals surface area contributed by atoms with Crippen LogP contribution in [0, 0.1) is 11.8 Å². The molecular formula is C38H59N5O7S. The van der Waals surface area contributed by atoms with Gasteiger partial charge in [-0.25, -0.2) is 9.78 Å². The molecular weight excluding hydrogens is 671 g/mol. The van der Waals surface area contributed by atoms with Gasteiger partial charge in [-0.2, -0.15) is 0 Å². The molecule has 51 heavy (non-hydrogen) atoms. The molecule has 0 radical (unpaired) electrons. The summed E-state index contributed by atoms with van der Waals surface area (Å²) in [5.74, 6) is -1.96. The molecule has 3 rings (SSSR count). The van der Waals surface area contributed by atoms with Gasteiger partial charge in [0.15, 0.2) is 0 Å². The first-order valence-electron chi connectivity index (χ1n) is 18.5. The Morgan fingerprint density at radius 2 is 1.76 bits per heavy atom. The summed E-state index contributed by atoms with van der Waals surface area (Å²) in [5, 5.41) is 27.3. The Bertz CT molecular complexity index is 1420. The van der Waals surface area contributed by atoms with Crippen molar-refractivity contribution in [1.29, 1.82) is 0 Å². The lowest BCUT2D eigenvalue weighted by atomic mass is 9.92. The molecule has 0 aliphatic carbocycles. The van der Waals surface area contributed by atoms with Crippen LogP contribution in [0.2, 0.25) is 0 Å². The molecule has 2 heterocycles. The predicted molar refractivity (Wildman–Crippen MR) is 199 cm³/mol. The zero-order valence-electron chi connectivity index (χ0n) is 31.4. The van der Waals surface area contributed by atoms with Crippen LogP contribution < -0.4 is 10.6 Å². The number of nitrogens with zero attached hydrogens (tertiary/aromatic N) is 3. The van der Waals surface area contributed by atoms with Crippen molar-refractivity contribution in [2.75, 3.05) is 26.7 Å². The summed E-state index contributed by atoms with van der Waals surface area (Å²) in [7, 11) is 1.97. The quantitative estimate of drug-likeness (QED) is 0.140. The highest BCUT2D eigenvalue weighted by atomic mass is 32.1. The van der Waals surface area contributed by atoms with Crippen molar-refractivity contribution in [2.24, 2.45) is 11.8 Å². The predicted octanol–water partition coefficient (Wildman–Crippen LogP) is 5.41. The first-order valence-corrected chi connectivity index (χ1v) is 19.4. The fourth-order valence-electron chi connectivity index (χ4n) is 6.52. The van der Waals surface area contributed by atoms with Gasteiger partial charge in [-0.05, 0) is 68.8 Å². The summed E-state index contributed by atoms with van der Waals surface area (Å²) in [5.41, 5.74) is 0.738. The number of carboxylic acids is 1. The average Bonchev–Trinajstić information content (AvgIpc) is 3.60. The van der Waals surface area contributed by atoms with E-state index in [1.165, 1.54) is 23.5 Å². The minimum absolute atomic E-state index is 0.0351. The van der Waals surface area contributed by atoms with E-state index in [-0.39, 0.29) is 53.6 Å². The minimum Gasteiger partial charge on any atom is -0.508 e. The van der Waals surface area contributed by atoms with Crippen molar-refractivity contribution in [3.63, 3.8) is 0 Å². The lowest BCUT2D eigenvalue weighted by Gasteiger charge is -2.40. The van der Waals surface area contributed by atoms with Crippen molar-refractivity contribution in [3.8, 4) is 5.75 Å². The number of piperidine rings is 1. The highest BCUT2D eigenvalue weighted by molar-refractivity contribution is 7.09. The molecule has 1 saturated heterocycles. The Kier molecular flexibility index (Phi) is 16.8. The van der Waals surface area contributed by atoms with Gasteiger partial charge in [-0.15, -0.1) is 11.3 Å². The van der Waals surface area contributed by atoms with E-state index in [1.54, 1.807) is 17.5 Å². The number of carbonyl (C=O) groups is 4. The van der Waals surface area contributed by atoms with Crippen LogP contribution in [-0.2, 0) is 25.5 Å². The van der Waals surface area contributed by atoms with E-state index in [0.29, 0.717) is 30.1 Å². The molecule has 0 saturated carbocycles. The SMILES string of the molecule is CCCO[C@H](C[C@H](C(C)C)N(CCC)C(=O)C(NC(=O)C1CCCCN1C)[C@@H](C)CC)c1nc(C(=O)N[C@@H](Cc2ccc(O)cc2)C(=O)O)cs1. The van der Waals surface area contributed by atoms with Gasteiger partial charge < -0.3 is 30.5 Å². The Balaban J connectivity index is 1.84. The number of hydrogen-bond acceptors (Lipinski definition) is 9. The van der Waals surface area contributed by atoms with Crippen LogP contribution >= 0.6 is 11.3 Å². The third-order valence-corrected chi connectivity index (χ3v) is 10.7. The number of carbonyl (C=O) groups excluding carboxylic acids is 3. The molecule has 1 aromatic heterocycles. The number of benzene rings is 1. The number of ether oxygens (including phenoxy) is 1. The number of amides is 3. The van der Waals surface area contributed by atoms with Crippen LogP contribution in [-0.4, -0.2) is 99.6 Å². The number of aliphatic carboxylic acids is 1. The Morgan fingerprint density at radius 1 is 1.06 bits per heavy atom. The van der Waals surface area contributed by atoms with Crippen LogP contribution in [0.1, 0.15) is 114 Å². The number of rotatable bonds is 20. The molecule has 4 N–H and O–H groups in total. The second kappa shape index (κ2) is 20.5. The van der Waals surface area contributed by atoms with Crippen LogP contribution in [0.3, 0.4) is 0 Å². The van der Waals surface area contributed by atoms with E-state index in [9.17, 15) is 29.4 Å². The molecule has 284 valence electrons. The molecule has 0 spiro atoms. The van der Waals surface area contributed by atoms with Crippen LogP contribution in [0.5, 0.6) is 5.75 Å². The van der Waals surface area contributed by atoms with Crippen molar-refractivity contribution >= 4 is 35.0 Å². The lowest BCUT2D eigenvalue weighted by Crippen LogP contribution is -2.58. The molecule has 1 aliphatic rings. The van der Waals surface area contributed by atoms with Gasteiger partial charge >= 0.3 is 5.97 Å². The largest absolute Gasteiger partial charge is 0.508 e. The van der Waals surface area contributed by atoms with E-state index in [0.717, 1.165) is 45.1 Å². The zero-order valence-corrected chi connectivity index (χ0v) is 32.2. The number of likely N-dealkylation sites (N-methyl/N-ethyl adjacent to an activating group) is 1. The third-order valence-electron chi connectivity index (χ3n) is 9.76. The molecule has 3 amide bonds. The maximum atomic E-state index is 14.5.